The molecule has 4 aromatic rings. The Bertz CT molecular complexity index is 1640. The van der Waals surface area contributed by atoms with Crippen LogP contribution in [0, 0.1) is 24.0 Å². The molecule has 0 bridgehead atoms. The molecule has 0 unspecified atom stereocenters. The van der Waals surface area contributed by atoms with Crippen LogP contribution >= 0.6 is 15.9 Å². The molecule has 4 rings (SSSR count). The molecular weight excluding hydrogens is 624 g/mol. The van der Waals surface area contributed by atoms with Gasteiger partial charge in [-0.15, -0.1) is 0 Å². The quantitative estimate of drug-likeness (QED) is 0.0844. The standard InChI is InChI=1S/C30H29BrN4O8/c1-5-40-30(37)20(4)42-28-25(31)14-21(15-26(28)35(38)39)16-32-33-29(36)27-13-12-24(43-27)17-41-23-10-8-22(9-11-23)34-18(2)6-7-19(34)3/h6-16,20H,5,17H2,1-4H3,(H,33,36)/b32-16+/t20-/m1/s1. The lowest BCUT2D eigenvalue weighted by atomic mass is 10.2. The van der Waals surface area contributed by atoms with E-state index in [0.29, 0.717) is 11.5 Å². The number of carbonyl (C=O) groups is 2. The smallest absolute Gasteiger partial charge is 0.347 e. The molecule has 2 aromatic carbocycles. The predicted octanol–water partition coefficient (Wildman–Crippen LogP) is 6.03. The van der Waals surface area contributed by atoms with E-state index in [2.05, 4.69) is 43.2 Å². The highest BCUT2D eigenvalue weighted by Gasteiger charge is 2.25. The fraction of sp³-hybridized carbons (Fsp3) is 0.233. The summed E-state index contributed by atoms with van der Waals surface area (Å²) in [5.41, 5.74) is 5.51. The number of rotatable bonds is 12. The van der Waals surface area contributed by atoms with Crippen LogP contribution in [0.25, 0.3) is 5.69 Å². The molecule has 0 aliphatic carbocycles. The van der Waals surface area contributed by atoms with Crippen LogP contribution < -0.4 is 14.9 Å². The highest BCUT2D eigenvalue weighted by molar-refractivity contribution is 9.10. The van der Waals surface area contributed by atoms with Gasteiger partial charge in [0.25, 0.3) is 0 Å². The van der Waals surface area contributed by atoms with Crippen LogP contribution in [0.3, 0.4) is 0 Å². The summed E-state index contributed by atoms with van der Waals surface area (Å²) in [6.07, 6.45) is 0.156. The Labute approximate surface area is 255 Å². The molecule has 1 atom stereocenters. The highest BCUT2D eigenvalue weighted by atomic mass is 79.9. The van der Waals surface area contributed by atoms with Gasteiger partial charge in [0.05, 0.1) is 22.2 Å². The van der Waals surface area contributed by atoms with E-state index in [1.54, 1.807) is 13.0 Å². The number of furan rings is 1. The monoisotopic (exact) mass is 652 g/mol. The van der Waals surface area contributed by atoms with Gasteiger partial charge in [-0.3, -0.25) is 14.9 Å². The van der Waals surface area contributed by atoms with Gasteiger partial charge in [-0.2, -0.15) is 5.10 Å². The van der Waals surface area contributed by atoms with Gasteiger partial charge in [-0.25, -0.2) is 10.2 Å². The molecule has 0 spiro atoms. The van der Waals surface area contributed by atoms with Gasteiger partial charge in [-0.1, -0.05) is 0 Å². The van der Waals surface area contributed by atoms with Gasteiger partial charge in [-0.05, 0) is 98.2 Å². The van der Waals surface area contributed by atoms with Gasteiger partial charge >= 0.3 is 17.6 Å². The van der Waals surface area contributed by atoms with Crippen LogP contribution in [0.4, 0.5) is 5.69 Å². The fourth-order valence-electron chi connectivity index (χ4n) is 4.13. The van der Waals surface area contributed by atoms with Crippen molar-refractivity contribution in [2.45, 2.75) is 40.4 Å². The van der Waals surface area contributed by atoms with Crippen LogP contribution in [0.15, 0.2) is 74.7 Å². The van der Waals surface area contributed by atoms with E-state index < -0.39 is 28.6 Å². The second-order valence-electron chi connectivity index (χ2n) is 9.32. The minimum absolute atomic E-state index is 0.00789. The fourth-order valence-corrected chi connectivity index (χ4v) is 4.69. The van der Waals surface area contributed by atoms with Crippen LogP contribution in [-0.2, 0) is 16.1 Å². The number of nitrogens with one attached hydrogen (secondary N) is 1. The molecule has 0 aliphatic heterocycles. The Morgan fingerprint density at radius 3 is 2.47 bits per heavy atom. The van der Waals surface area contributed by atoms with Gasteiger partial charge in [0, 0.05) is 28.7 Å². The predicted molar refractivity (Wildman–Crippen MR) is 161 cm³/mol. The zero-order valence-corrected chi connectivity index (χ0v) is 25.4. The number of hydrogen-bond acceptors (Lipinski definition) is 9. The van der Waals surface area contributed by atoms with Crippen molar-refractivity contribution in [3.05, 3.63) is 104 Å². The third-order valence-electron chi connectivity index (χ3n) is 6.17. The van der Waals surface area contributed by atoms with Crippen molar-refractivity contribution < 1.29 is 33.1 Å². The van der Waals surface area contributed by atoms with E-state index in [4.69, 9.17) is 18.6 Å². The first-order chi connectivity index (χ1) is 20.6. The number of ether oxygens (including phenoxy) is 3. The molecule has 43 heavy (non-hydrogen) atoms. The van der Waals surface area contributed by atoms with Gasteiger partial charge in [0.15, 0.2) is 11.9 Å². The zero-order valence-electron chi connectivity index (χ0n) is 23.8. The summed E-state index contributed by atoms with van der Waals surface area (Å²) in [6, 6.07) is 17.6. The van der Waals surface area contributed by atoms with Crippen molar-refractivity contribution in [2.24, 2.45) is 5.10 Å². The molecular formula is C30H29BrN4O8. The maximum atomic E-state index is 12.5. The molecule has 12 nitrogen and oxygen atoms in total. The van der Waals surface area contributed by atoms with E-state index in [9.17, 15) is 19.7 Å². The van der Waals surface area contributed by atoms with Crippen molar-refractivity contribution >= 4 is 39.7 Å². The average molecular weight is 653 g/mol. The minimum Gasteiger partial charge on any atom is -0.486 e. The second kappa shape index (κ2) is 13.8. The number of aromatic nitrogens is 1. The number of benzene rings is 2. The Morgan fingerprint density at radius 2 is 1.81 bits per heavy atom. The van der Waals surface area contributed by atoms with E-state index >= 15 is 0 Å². The largest absolute Gasteiger partial charge is 0.486 e. The normalized spacial score (nSPS) is 11.7. The van der Waals surface area contributed by atoms with E-state index in [1.807, 2.05) is 38.1 Å². The lowest BCUT2D eigenvalue weighted by molar-refractivity contribution is -0.386. The van der Waals surface area contributed by atoms with Crippen molar-refractivity contribution in [3.63, 3.8) is 0 Å². The summed E-state index contributed by atoms with van der Waals surface area (Å²) >= 11 is 3.23. The Morgan fingerprint density at radius 1 is 1.12 bits per heavy atom. The summed E-state index contributed by atoms with van der Waals surface area (Å²) in [5.74, 6) is -0.335. The maximum Gasteiger partial charge on any atom is 0.347 e. The highest BCUT2D eigenvalue weighted by Crippen LogP contribution is 2.37. The topological polar surface area (TPSA) is 147 Å². The SMILES string of the molecule is CCOC(=O)[C@@H](C)Oc1c(Br)cc(/C=N/NC(=O)c2ccc(COc3ccc(-n4c(C)ccc4C)cc3)o2)cc1[N+](=O)[O-]. The first-order valence-electron chi connectivity index (χ1n) is 13.2. The summed E-state index contributed by atoms with van der Waals surface area (Å²) < 4.78 is 24.1. The molecule has 1 N–H and O–H groups in total. The van der Waals surface area contributed by atoms with Crippen LogP contribution in [0.2, 0.25) is 0 Å². The molecule has 0 radical (unpaired) electrons. The van der Waals surface area contributed by atoms with Crippen molar-refractivity contribution in [1.82, 2.24) is 9.99 Å². The minimum atomic E-state index is -1.07. The molecule has 0 saturated heterocycles. The van der Waals surface area contributed by atoms with Gasteiger partial charge in [0.1, 0.15) is 18.1 Å². The lowest BCUT2D eigenvalue weighted by Gasteiger charge is -2.15. The zero-order chi connectivity index (χ0) is 31.1. The Hall–Kier alpha value is -4.91. The van der Waals surface area contributed by atoms with Crippen molar-refractivity contribution in [3.8, 4) is 17.2 Å². The second-order valence-corrected chi connectivity index (χ2v) is 10.2. The molecule has 0 fully saturated rings. The number of nitro groups is 1. The number of nitro benzene ring substituents is 1. The molecule has 13 heteroatoms. The first kappa shape index (κ1) is 31.0. The molecule has 0 aliphatic rings. The first-order valence-corrected chi connectivity index (χ1v) is 14.0. The average Bonchev–Trinajstić information content (AvgIpc) is 3.59. The number of hydrogen-bond donors (Lipinski definition) is 1. The Kier molecular flexibility index (Phi) is 9.99. The molecule has 224 valence electrons. The number of esters is 1. The number of carbonyl (C=O) groups excluding carboxylic acids is 2. The molecule has 2 aromatic heterocycles. The summed E-state index contributed by atoms with van der Waals surface area (Å²) in [5, 5.41) is 15.5. The van der Waals surface area contributed by atoms with Crippen LogP contribution in [0.1, 0.15) is 47.1 Å². The van der Waals surface area contributed by atoms with E-state index in [0.717, 1.165) is 17.1 Å². The number of amides is 1. The number of nitrogens with zero attached hydrogens (tertiary/aromatic N) is 3. The van der Waals surface area contributed by atoms with E-state index in [-0.39, 0.29) is 34.8 Å². The van der Waals surface area contributed by atoms with Crippen molar-refractivity contribution in [2.75, 3.05) is 6.61 Å². The van der Waals surface area contributed by atoms with Crippen molar-refractivity contribution in [1.29, 1.82) is 0 Å². The van der Waals surface area contributed by atoms with E-state index in [1.165, 1.54) is 31.3 Å². The third kappa shape index (κ3) is 7.68. The lowest BCUT2D eigenvalue weighted by Crippen LogP contribution is -2.26. The molecule has 0 saturated carbocycles. The van der Waals surface area contributed by atoms with Crippen LogP contribution in [-0.4, -0.2) is 40.3 Å². The summed E-state index contributed by atoms with van der Waals surface area (Å²) in [6.45, 7) is 7.41. The Balaban J connectivity index is 1.34. The maximum absolute atomic E-state index is 12.5. The number of hydrazone groups is 1. The number of aryl methyl sites for hydroxylation is 2. The summed E-state index contributed by atoms with van der Waals surface area (Å²) in [4.78, 5) is 35.4. The molecule has 2 heterocycles. The molecule has 1 amide bonds. The number of halogens is 1. The summed E-state index contributed by atoms with van der Waals surface area (Å²) in [7, 11) is 0. The van der Waals surface area contributed by atoms with Crippen LogP contribution in [0.5, 0.6) is 11.5 Å². The third-order valence-corrected chi connectivity index (χ3v) is 6.76. The van der Waals surface area contributed by atoms with Gasteiger partial charge in [0.2, 0.25) is 5.75 Å². The van der Waals surface area contributed by atoms with Gasteiger partial charge < -0.3 is 23.2 Å².